The first kappa shape index (κ1) is 17.1. The second-order valence-electron chi connectivity index (χ2n) is 5.93. The molecular weight excluding hydrogens is 316 g/mol. The number of anilines is 1. The van der Waals surface area contributed by atoms with Gasteiger partial charge in [-0.1, -0.05) is 12.1 Å². The van der Waals surface area contributed by atoms with Crippen LogP contribution >= 0.6 is 0 Å². The molecule has 0 spiro atoms. The number of carbonyl (C=O) groups is 1. The van der Waals surface area contributed by atoms with Gasteiger partial charge >= 0.3 is 6.03 Å². The van der Waals surface area contributed by atoms with Crippen molar-refractivity contribution in [3.63, 3.8) is 0 Å². The molecule has 5 heteroatoms. The van der Waals surface area contributed by atoms with E-state index in [2.05, 4.69) is 11.4 Å². The van der Waals surface area contributed by atoms with Crippen LogP contribution in [-0.2, 0) is 13.0 Å². The molecule has 5 nitrogen and oxygen atoms in total. The van der Waals surface area contributed by atoms with Crippen LogP contribution in [0, 0.1) is 0 Å². The molecule has 0 atom stereocenters. The Bertz CT molecular complexity index is 745. The number of benzene rings is 2. The molecule has 0 unspecified atom stereocenters. The number of fused-ring (bicyclic) bond motifs is 1. The minimum Gasteiger partial charge on any atom is -0.494 e. The highest BCUT2D eigenvalue weighted by Gasteiger charge is 2.21. The van der Waals surface area contributed by atoms with Crippen molar-refractivity contribution < 1.29 is 14.3 Å². The summed E-state index contributed by atoms with van der Waals surface area (Å²) in [5.41, 5.74) is 3.17. The molecule has 0 saturated heterocycles. The van der Waals surface area contributed by atoms with Crippen molar-refractivity contribution in [1.29, 1.82) is 0 Å². The molecule has 0 fully saturated rings. The number of hydrogen-bond donors (Lipinski definition) is 1. The summed E-state index contributed by atoms with van der Waals surface area (Å²) in [6, 6.07) is 13.5. The van der Waals surface area contributed by atoms with E-state index in [-0.39, 0.29) is 6.03 Å². The van der Waals surface area contributed by atoms with Crippen LogP contribution < -0.4 is 14.8 Å². The Morgan fingerprint density at radius 1 is 1.04 bits per heavy atom. The monoisotopic (exact) mass is 340 g/mol. The Kier molecular flexibility index (Phi) is 5.43. The maximum Gasteiger partial charge on any atom is 0.322 e. The molecule has 3 rings (SSSR count). The smallest absolute Gasteiger partial charge is 0.322 e. The molecule has 25 heavy (non-hydrogen) atoms. The molecule has 0 radical (unpaired) electrons. The number of carbonyl (C=O) groups excluding carboxylic acids is 1. The fourth-order valence-corrected chi connectivity index (χ4v) is 3.00. The van der Waals surface area contributed by atoms with E-state index in [0.717, 1.165) is 29.2 Å². The molecule has 0 aliphatic carbocycles. The minimum atomic E-state index is -0.0962. The van der Waals surface area contributed by atoms with E-state index in [1.807, 2.05) is 55.1 Å². The van der Waals surface area contributed by atoms with Crippen LogP contribution in [0.25, 0.3) is 0 Å². The van der Waals surface area contributed by atoms with Gasteiger partial charge in [-0.25, -0.2) is 4.79 Å². The molecule has 132 valence electrons. The second kappa shape index (κ2) is 7.92. The molecule has 1 N–H and O–H groups in total. The third kappa shape index (κ3) is 4.24. The van der Waals surface area contributed by atoms with Crippen molar-refractivity contribution >= 4 is 11.7 Å². The van der Waals surface area contributed by atoms with Crippen molar-refractivity contribution in [1.82, 2.24) is 4.90 Å². The lowest BCUT2D eigenvalue weighted by molar-refractivity contribution is 0.206. The Morgan fingerprint density at radius 2 is 1.80 bits per heavy atom. The maximum atomic E-state index is 12.6. The van der Waals surface area contributed by atoms with E-state index in [4.69, 9.17) is 9.47 Å². The summed E-state index contributed by atoms with van der Waals surface area (Å²) in [5, 5.41) is 2.96. The van der Waals surface area contributed by atoms with Gasteiger partial charge in [-0.2, -0.15) is 0 Å². The zero-order chi connectivity index (χ0) is 17.6. The average molecular weight is 340 g/mol. The van der Waals surface area contributed by atoms with Gasteiger partial charge in [0.2, 0.25) is 0 Å². The van der Waals surface area contributed by atoms with Gasteiger partial charge in [-0.3, -0.25) is 0 Å². The van der Waals surface area contributed by atoms with Crippen LogP contribution in [0.15, 0.2) is 42.5 Å². The van der Waals surface area contributed by atoms with E-state index >= 15 is 0 Å². The number of nitrogens with zero attached hydrogens (tertiary/aromatic N) is 1. The Hall–Kier alpha value is -2.69. The van der Waals surface area contributed by atoms with E-state index in [9.17, 15) is 4.79 Å². The fraction of sp³-hybridized carbons (Fsp3) is 0.350. The molecule has 0 aromatic heterocycles. The van der Waals surface area contributed by atoms with Crippen LogP contribution in [0.1, 0.15) is 25.0 Å². The zero-order valence-electron chi connectivity index (χ0n) is 14.7. The molecule has 2 aromatic rings. The highest BCUT2D eigenvalue weighted by molar-refractivity contribution is 5.89. The standard InChI is InChI=1S/C20H24N2O3/c1-3-24-18-7-5-6-17(13-18)21-20(23)22-11-10-15-8-9-19(25-4-2)12-16(15)14-22/h5-9,12-13H,3-4,10-11,14H2,1-2H3,(H,21,23). The zero-order valence-corrected chi connectivity index (χ0v) is 14.7. The third-order valence-corrected chi connectivity index (χ3v) is 4.18. The summed E-state index contributed by atoms with van der Waals surface area (Å²) in [5.74, 6) is 1.61. The summed E-state index contributed by atoms with van der Waals surface area (Å²) in [4.78, 5) is 14.4. The van der Waals surface area contributed by atoms with Crippen LogP contribution in [0.3, 0.4) is 0 Å². The van der Waals surface area contributed by atoms with Crippen LogP contribution in [-0.4, -0.2) is 30.7 Å². The summed E-state index contributed by atoms with van der Waals surface area (Å²) >= 11 is 0. The highest BCUT2D eigenvalue weighted by Crippen LogP contribution is 2.25. The lowest BCUT2D eigenvalue weighted by Crippen LogP contribution is -2.38. The van der Waals surface area contributed by atoms with Gasteiger partial charge in [0.1, 0.15) is 11.5 Å². The summed E-state index contributed by atoms with van der Waals surface area (Å²) in [7, 11) is 0. The molecule has 1 heterocycles. The topological polar surface area (TPSA) is 50.8 Å². The first-order valence-corrected chi connectivity index (χ1v) is 8.73. The number of nitrogens with one attached hydrogen (secondary N) is 1. The second-order valence-corrected chi connectivity index (χ2v) is 5.93. The van der Waals surface area contributed by atoms with E-state index < -0.39 is 0 Å². The van der Waals surface area contributed by atoms with Crippen LogP contribution in [0.5, 0.6) is 11.5 Å². The van der Waals surface area contributed by atoms with Gasteiger partial charge in [0.15, 0.2) is 0 Å². The van der Waals surface area contributed by atoms with Gasteiger partial charge < -0.3 is 19.7 Å². The lowest BCUT2D eigenvalue weighted by Gasteiger charge is -2.29. The molecule has 0 bridgehead atoms. The number of urea groups is 1. The molecule has 1 aliphatic heterocycles. The third-order valence-electron chi connectivity index (χ3n) is 4.18. The average Bonchev–Trinajstić information content (AvgIpc) is 2.62. The first-order valence-electron chi connectivity index (χ1n) is 8.73. The molecule has 2 amide bonds. The number of rotatable bonds is 5. The van der Waals surface area contributed by atoms with Crippen LogP contribution in [0.2, 0.25) is 0 Å². The maximum absolute atomic E-state index is 12.6. The summed E-state index contributed by atoms with van der Waals surface area (Å²) in [6.07, 6.45) is 0.855. The molecule has 1 aliphatic rings. The van der Waals surface area contributed by atoms with Crippen molar-refractivity contribution in [3.8, 4) is 11.5 Å². The van der Waals surface area contributed by atoms with Crippen molar-refractivity contribution in [2.75, 3.05) is 25.1 Å². The number of hydrogen-bond acceptors (Lipinski definition) is 3. The van der Waals surface area contributed by atoms with Crippen molar-refractivity contribution in [2.45, 2.75) is 26.8 Å². The van der Waals surface area contributed by atoms with Gasteiger partial charge in [-0.05, 0) is 55.7 Å². The minimum absolute atomic E-state index is 0.0962. The van der Waals surface area contributed by atoms with E-state index in [1.54, 1.807) is 0 Å². The largest absolute Gasteiger partial charge is 0.494 e. The normalized spacial score (nSPS) is 13.1. The Labute approximate surface area is 148 Å². The fourth-order valence-electron chi connectivity index (χ4n) is 3.00. The van der Waals surface area contributed by atoms with Gasteiger partial charge in [0.25, 0.3) is 0 Å². The van der Waals surface area contributed by atoms with Gasteiger partial charge in [-0.15, -0.1) is 0 Å². The van der Waals surface area contributed by atoms with Crippen molar-refractivity contribution in [3.05, 3.63) is 53.6 Å². The molecular formula is C20H24N2O3. The Balaban J connectivity index is 1.67. The van der Waals surface area contributed by atoms with E-state index in [1.165, 1.54) is 5.56 Å². The van der Waals surface area contributed by atoms with Crippen molar-refractivity contribution in [2.24, 2.45) is 0 Å². The lowest BCUT2D eigenvalue weighted by atomic mass is 10.00. The number of ether oxygens (including phenoxy) is 2. The van der Waals surface area contributed by atoms with E-state index in [0.29, 0.717) is 26.3 Å². The highest BCUT2D eigenvalue weighted by atomic mass is 16.5. The summed E-state index contributed by atoms with van der Waals surface area (Å²) in [6.45, 7) is 6.44. The predicted octanol–water partition coefficient (Wildman–Crippen LogP) is 4.07. The predicted molar refractivity (Wildman–Crippen MR) is 98.4 cm³/mol. The van der Waals surface area contributed by atoms with Crippen LogP contribution in [0.4, 0.5) is 10.5 Å². The van der Waals surface area contributed by atoms with Gasteiger partial charge in [0.05, 0.1) is 13.2 Å². The first-order chi connectivity index (χ1) is 12.2. The SMILES string of the molecule is CCOc1cccc(NC(=O)N2CCc3ccc(OCC)cc3C2)c1. The molecule has 0 saturated carbocycles. The molecule has 2 aromatic carbocycles. The Morgan fingerprint density at radius 3 is 2.56 bits per heavy atom. The quantitative estimate of drug-likeness (QED) is 0.892. The number of amides is 2. The van der Waals surface area contributed by atoms with Gasteiger partial charge in [0, 0.05) is 24.8 Å². The summed E-state index contributed by atoms with van der Waals surface area (Å²) < 4.78 is 11.0.